The van der Waals surface area contributed by atoms with E-state index in [4.69, 9.17) is 16.3 Å². The first-order valence-corrected chi connectivity index (χ1v) is 11.8. The number of carbonyl (C=O) groups excluding carboxylic acids is 1. The number of morpholine rings is 1. The number of hydrogen-bond acceptors (Lipinski definition) is 4. The molecule has 0 bridgehead atoms. The third-order valence-electron chi connectivity index (χ3n) is 6.51. The molecule has 0 radical (unpaired) electrons. The van der Waals surface area contributed by atoms with E-state index in [-0.39, 0.29) is 11.8 Å². The molecule has 6 nitrogen and oxygen atoms in total. The molecule has 0 atom stereocenters. The highest BCUT2D eigenvalue weighted by Gasteiger charge is 2.28. The van der Waals surface area contributed by atoms with E-state index in [1.807, 2.05) is 33.8 Å². The van der Waals surface area contributed by atoms with Gasteiger partial charge in [-0.1, -0.05) is 25.4 Å². The van der Waals surface area contributed by atoms with Crippen molar-refractivity contribution in [1.82, 2.24) is 19.6 Å². The van der Waals surface area contributed by atoms with Gasteiger partial charge >= 0.3 is 0 Å². The molecule has 0 N–H and O–H groups in total. The Labute approximate surface area is 190 Å². The van der Waals surface area contributed by atoms with Gasteiger partial charge in [0.15, 0.2) is 0 Å². The average Bonchev–Trinajstić information content (AvgIpc) is 3.24. The van der Waals surface area contributed by atoms with Gasteiger partial charge in [0.1, 0.15) is 0 Å². The minimum atomic E-state index is 0.107. The highest BCUT2D eigenvalue weighted by Crippen LogP contribution is 2.27. The van der Waals surface area contributed by atoms with Crippen LogP contribution in [0.1, 0.15) is 55.1 Å². The molecule has 2 fully saturated rings. The lowest BCUT2D eigenvalue weighted by Gasteiger charge is -2.34. The van der Waals surface area contributed by atoms with Gasteiger partial charge in [-0.3, -0.25) is 9.69 Å². The summed E-state index contributed by atoms with van der Waals surface area (Å²) in [6, 6.07) is 7.59. The third kappa shape index (κ3) is 5.30. The van der Waals surface area contributed by atoms with Crippen molar-refractivity contribution in [3.63, 3.8) is 0 Å². The number of rotatable bonds is 6. The van der Waals surface area contributed by atoms with Gasteiger partial charge in [0.25, 0.3) is 5.91 Å². The fourth-order valence-electron chi connectivity index (χ4n) is 4.65. The number of likely N-dealkylation sites (tertiary alicyclic amines) is 1. The molecule has 4 rings (SSSR count). The molecular formula is C24H33ClN4O2. The zero-order chi connectivity index (χ0) is 21.8. The summed E-state index contributed by atoms with van der Waals surface area (Å²) >= 11 is 6.04. The molecule has 2 aromatic rings. The molecule has 1 aromatic carbocycles. The second-order valence-electron chi connectivity index (χ2n) is 8.96. The zero-order valence-electron chi connectivity index (χ0n) is 18.6. The fourth-order valence-corrected chi connectivity index (χ4v) is 4.78. The Balaban J connectivity index is 1.39. The van der Waals surface area contributed by atoms with E-state index in [1.165, 1.54) is 6.42 Å². The highest BCUT2D eigenvalue weighted by molar-refractivity contribution is 6.30. The van der Waals surface area contributed by atoms with Gasteiger partial charge in [-0.05, 0) is 61.9 Å². The maximum Gasteiger partial charge on any atom is 0.257 e. The van der Waals surface area contributed by atoms with Gasteiger partial charge in [-0.15, -0.1) is 0 Å². The van der Waals surface area contributed by atoms with Crippen LogP contribution in [0.5, 0.6) is 0 Å². The maximum absolute atomic E-state index is 13.4. The molecule has 0 unspecified atom stereocenters. The Hall–Kier alpha value is -1.89. The van der Waals surface area contributed by atoms with E-state index in [0.717, 1.165) is 75.7 Å². The predicted octanol–water partition coefficient (Wildman–Crippen LogP) is 4.22. The van der Waals surface area contributed by atoms with Gasteiger partial charge < -0.3 is 9.64 Å². The number of amides is 1. The standard InChI is InChI=1S/C24H33ClN4O2/c1-18(2)23-22(17-26-29(23)21-5-3-20(25)4-6-21)24(30)28-11-8-19(9-12-28)7-10-27-13-15-31-16-14-27/h3-6,17-19H,7-16H2,1-2H3. The van der Waals surface area contributed by atoms with Crippen molar-refractivity contribution in [2.45, 2.75) is 39.0 Å². The summed E-state index contributed by atoms with van der Waals surface area (Å²) in [6.07, 6.45) is 5.11. The maximum atomic E-state index is 13.4. The molecule has 31 heavy (non-hydrogen) atoms. The van der Waals surface area contributed by atoms with Crippen LogP contribution in [0.3, 0.4) is 0 Å². The fraction of sp³-hybridized carbons (Fsp3) is 0.583. The summed E-state index contributed by atoms with van der Waals surface area (Å²) < 4.78 is 7.32. The normalized spacial score (nSPS) is 18.6. The first kappa shape index (κ1) is 22.3. The highest BCUT2D eigenvalue weighted by atomic mass is 35.5. The third-order valence-corrected chi connectivity index (χ3v) is 6.77. The first-order chi connectivity index (χ1) is 15.0. The van der Waals surface area contributed by atoms with Crippen molar-refractivity contribution >= 4 is 17.5 Å². The number of ether oxygens (including phenoxy) is 1. The first-order valence-electron chi connectivity index (χ1n) is 11.5. The Bertz CT molecular complexity index is 866. The predicted molar refractivity (Wildman–Crippen MR) is 123 cm³/mol. The topological polar surface area (TPSA) is 50.6 Å². The van der Waals surface area contributed by atoms with Crippen LogP contribution in [-0.4, -0.2) is 71.4 Å². The number of hydrogen-bond donors (Lipinski definition) is 0. The van der Waals surface area contributed by atoms with Gasteiger partial charge in [0, 0.05) is 31.2 Å². The summed E-state index contributed by atoms with van der Waals surface area (Å²) in [5.74, 6) is 0.993. The minimum absolute atomic E-state index is 0.107. The SMILES string of the molecule is CC(C)c1c(C(=O)N2CCC(CCN3CCOCC3)CC2)cnn1-c1ccc(Cl)cc1. The van der Waals surface area contributed by atoms with Crippen LogP contribution in [0.15, 0.2) is 30.5 Å². The lowest BCUT2D eigenvalue weighted by molar-refractivity contribution is 0.0332. The number of piperidine rings is 1. The second-order valence-corrected chi connectivity index (χ2v) is 9.40. The number of nitrogens with zero attached hydrogens (tertiary/aromatic N) is 4. The number of benzene rings is 1. The van der Waals surface area contributed by atoms with E-state index >= 15 is 0 Å². The molecule has 168 valence electrons. The number of carbonyl (C=O) groups is 1. The molecule has 3 heterocycles. The van der Waals surface area contributed by atoms with Crippen LogP contribution in [0, 0.1) is 5.92 Å². The molecule has 0 spiro atoms. The van der Waals surface area contributed by atoms with Crippen molar-refractivity contribution in [3.8, 4) is 5.69 Å². The Kier molecular flexibility index (Phi) is 7.31. The van der Waals surface area contributed by atoms with Gasteiger partial charge in [0.2, 0.25) is 0 Å². The smallest absolute Gasteiger partial charge is 0.257 e. The Morgan fingerprint density at radius 2 is 1.81 bits per heavy atom. The van der Waals surface area contributed by atoms with Crippen LogP contribution in [0.25, 0.3) is 5.69 Å². The summed E-state index contributed by atoms with van der Waals surface area (Å²) in [5.41, 5.74) is 2.60. The largest absolute Gasteiger partial charge is 0.379 e. The van der Waals surface area contributed by atoms with Crippen molar-refractivity contribution in [1.29, 1.82) is 0 Å². The van der Waals surface area contributed by atoms with Crippen LogP contribution >= 0.6 is 11.6 Å². The van der Waals surface area contributed by atoms with E-state index in [1.54, 1.807) is 6.20 Å². The van der Waals surface area contributed by atoms with E-state index in [2.05, 4.69) is 23.8 Å². The number of aromatic nitrogens is 2. The zero-order valence-corrected chi connectivity index (χ0v) is 19.4. The van der Waals surface area contributed by atoms with Crippen molar-refractivity contribution in [3.05, 3.63) is 46.7 Å². The van der Waals surface area contributed by atoms with Crippen molar-refractivity contribution in [2.75, 3.05) is 45.9 Å². The molecular weight excluding hydrogens is 412 g/mol. The quantitative estimate of drug-likeness (QED) is 0.669. The van der Waals surface area contributed by atoms with Crippen molar-refractivity contribution < 1.29 is 9.53 Å². The van der Waals surface area contributed by atoms with Crippen LogP contribution in [0.2, 0.25) is 5.02 Å². The molecule has 1 amide bonds. The van der Waals surface area contributed by atoms with Gasteiger partial charge in [-0.2, -0.15) is 5.10 Å². The summed E-state index contributed by atoms with van der Waals surface area (Å²) in [7, 11) is 0. The average molecular weight is 445 g/mol. The lowest BCUT2D eigenvalue weighted by atomic mass is 9.92. The minimum Gasteiger partial charge on any atom is -0.379 e. The Morgan fingerprint density at radius 3 is 2.45 bits per heavy atom. The second kappa shape index (κ2) is 10.2. The number of halogens is 1. The summed E-state index contributed by atoms with van der Waals surface area (Å²) in [4.78, 5) is 17.9. The van der Waals surface area contributed by atoms with Crippen LogP contribution in [-0.2, 0) is 4.74 Å². The molecule has 7 heteroatoms. The van der Waals surface area contributed by atoms with Crippen molar-refractivity contribution in [2.24, 2.45) is 5.92 Å². The van der Waals surface area contributed by atoms with Crippen LogP contribution in [0.4, 0.5) is 0 Å². The monoisotopic (exact) mass is 444 g/mol. The molecule has 1 aromatic heterocycles. The summed E-state index contributed by atoms with van der Waals surface area (Å²) in [5, 5.41) is 5.25. The molecule has 0 aliphatic carbocycles. The molecule has 2 aliphatic heterocycles. The van der Waals surface area contributed by atoms with E-state index in [9.17, 15) is 4.79 Å². The molecule has 2 saturated heterocycles. The lowest BCUT2D eigenvalue weighted by Crippen LogP contribution is -2.41. The summed E-state index contributed by atoms with van der Waals surface area (Å²) in [6.45, 7) is 10.8. The Morgan fingerprint density at radius 1 is 1.13 bits per heavy atom. The molecule has 0 saturated carbocycles. The van der Waals surface area contributed by atoms with Gasteiger partial charge in [-0.25, -0.2) is 4.68 Å². The molecule has 2 aliphatic rings. The van der Waals surface area contributed by atoms with E-state index in [0.29, 0.717) is 10.9 Å². The van der Waals surface area contributed by atoms with Crippen LogP contribution < -0.4 is 0 Å². The van der Waals surface area contributed by atoms with E-state index < -0.39 is 0 Å². The van der Waals surface area contributed by atoms with Gasteiger partial charge in [0.05, 0.1) is 36.4 Å².